The minimum Gasteiger partial charge on any atom is -0.307 e. The summed E-state index contributed by atoms with van der Waals surface area (Å²) in [5.74, 6) is 0. The van der Waals surface area contributed by atoms with Crippen LogP contribution in [0.1, 0.15) is 51.7 Å². The number of hydrogen-bond donors (Lipinski definition) is 0. The molecule has 10 rings (SSSR count). The zero-order chi connectivity index (χ0) is 33.8. The Morgan fingerprint density at radius 2 is 0.980 bits per heavy atom. The molecule has 0 unspecified atom stereocenters. The molecule has 50 heavy (non-hydrogen) atoms. The standard InChI is InChI=1S/C48H40N2/c1-47(2)25-26-48(3,4)42-30-44-40(29-41(42)47)39-24-23-38-37-17-11-12-18-43(37)50(45(38)46(39)49(44)35-15-9-6-10-16-35)36-22-21-33-27-32(19-20-34(33)28-36)31-13-7-5-8-14-31/h5-24,27-30H,25-26H2,1-4H3. The lowest BCUT2D eigenvalue weighted by atomic mass is 9.63. The molecule has 2 nitrogen and oxygen atoms in total. The highest BCUT2D eigenvalue weighted by atomic mass is 15.0. The fourth-order valence-electron chi connectivity index (χ4n) is 8.90. The summed E-state index contributed by atoms with van der Waals surface area (Å²) in [6.07, 6.45) is 2.39. The minimum atomic E-state index is 0.118. The fourth-order valence-corrected chi connectivity index (χ4v) is 8.90. The number of para-hydroxylation sites is 2. The molecule has 0 spiro atoms. The highest BCUT2D eigenvalue weighted by Crippen LogP contribution is 2.49. The van der Waals surface area contributed by atoms with Gasteiger partial charge in [-0.15, -0.1) is 0 Å². The van der Waals surface area contributed by atoms with Gasteiger partial charge in [-0.1, -0.05) is 125 Å². The first-order valence-corrected chi connectivity index (χ1v) is 18.0. The quantitative estimate of drug-likeness (QED) is 0.181. The Hall–Kier alpha value is -5.60. The molecule has 0 aliphatic heterocycles. The topological polar surface area (TPSA) is 9.86 Å². The second-order valence-electron chi connectivity index (χ2n) is 15.7. The summed E-state index contributed by atoms with van der Waals surface area (Å²) in [7, 11) is 0. The summed E-state index contributed by atoms with van der Waals surface area (Å²) in [4.78, 5) is 0. The highest BCUT2D eigenvalue weighted by Gasteiger charge is 2.38. The number of rotatable bonds is 3. The van der Waals surface area contributed by atoms with Gasteiger partial charge in [0.1, 0.15) is 0 Å². The zero-order valence-corrected chi connectivity index (χ0v) is 29.2. The van der Waals surface area contributed by atoms with Gasteiger partial charge in [0.05, 0.1) is 22.1 Å². The number of fused-ring (bicyclic) bond motifs is 9. The van der Waals surface area contributed by atoms with Crippen LogP contribution >= 0.6 is 0 Å². The number of benzene rings is 7. The van der Waals surface area contributed by atoms with E-state index >= 15 is 0 Å². The third-order valence-electron chi connectivity index (χ3n) is 11.7. The predicted molar refractivity (Wildman–Crippen MR) is 213 cm³/mol. The summed E-state index contributed by atoms with van der Waals surface area (Å²) >= 11 is 0. The van der Waals surface area contributed by atoms with E-state index in [0.717, 1.165) is 0 Å². The van der Waals surface area contributed by atoms with Crippen molar-refractivity contribution in [2.45, 2.75) is 51.4 Å². The van der Waals surface area contributed by atoms with Crippen LogP contribution in [0.15, 0.2) is 146 Å². The maximum Gasteiger partial charge on any atom is 0.0788 e. The fraction of sp³-hybridized carbons (Fsp3) is 0.167. The molecule has 2 heterocycles. The van der Waals surface area contributed by atoms with Gasteiger partial charge in [-0.25, -0.2) is 0 Å². The van der Waals surface area contributed by atoms with Crippen molar-refractivity contribution < 1.29 is 0 Å². The number of hydrogen-bond acceptors (Lipinski definition) is 0. The lowest BCUT2D eigenvalue weighted by Crippen LogP contribution is -2.33. The molecule has 0 saturated heterocycles. The van der Waals surface area contributed by atoms with E-state index in [9.17, 15) is 0 Å². The summed E-state index contributed by atoms with van der Waals surface area (Å²) in [6, 6.07) is 54.2. The molecule has 1 aliphatic rings. The molecule has 0 N–H and O–H groups in total. The van der Waals surface area contributed by atoms with Crippen LogP contribution in [0, 0.1) is 0 Å². The first kappa shape index (κ1) is 29.3. The molecule has 0 saturated carbocycles. The van der Waals surface area contributed by atoms with Crippen LogP contribution in [0.2, 0.25) is 0 Å². The highest BCUT2D eigenvalue weighted by molar-refractivity contribution is 6.24. The largest absolute Gasteiger partial charge is 0.307 e. The zero-order valence-electron chi connectivity index (χ0n) is 29.2. The summed E-state index contributed by atoms with van der Waals surface area (Å²) < 4.78 is 5.07. The van der Waals surface area contributed by atoms with Gasteiger partial charge in [-0.3, -0.25) is 0 Å². The molecule has 242 valence electrons. The Labute approximate surface area is 293 Å². The lowest BCUT2D eigenvalue weighted by Gasteiger charge is -2.42. The van der Waals surface area contributed by atoms with E-state index in [1.807, 2.05) is 0 Å². The van der Waals surface area contributed by atoms with Gasteiger partial charge >= 0.3 is 0 Å². The maximum absolute atomic E-state index is 2.55. The van der Waals surface area contributed by atoms with Gasteiger partial charge in [-0.05, 0) is 105 Å². The van der Waals surface area contributed by atoms with Crippen molar-refractivity contribution in [2.24, 2.45) is 0 Å². The smallest absolute Gasteiger partial charge is 0.0788 e. The average Bonchev–Trinajstić information content (AvgIpc) is 3.66. The Balaban J connectivity index is 1.33. The van der Waals surface area contributed by atoms with Crippen molar-refractivity contribution in [1.29, 1.82) is 0 Å². The predicted octanol–water partition coefficient (Wildman–Crippen LogP) is 13.0. The van der Waals surface area contributed by atoms with E-state index in [1.54, 1.807) is 0 Å². The third kappa shape index (κ3) is 4.21. The van der Waals surface area contributed by atoms with E-state index < -0.39 is 0 Å². The molecule has 7 aromatic carbocycles. The molecule has 9 aromatic rings. The first-order valence-electron chi connectivity index (χ1n) is 18.0. The molecule has 0 amide bonds. The number of nitrogens with zero attached hydrogens (tertiary/aromatic N) is 2. The van der Waals surface area contributed by atoms with Gasteiger partial charge in [0.15, 0.2) is 0 Å². The Bertz CT molecular complexity index is 2790. The van der Waals surface area contributed by atoms with Gasteiger partial charge in [0, 0.05) is 32.9 Å². The molecule has 2 heteroatoms. The van der Waals surface area contributed by atoms with Crippen LogP contribution < -0.4 is 0 Å². The van der Waals surface area contributed by atoms with E-state index in [0.29, 0.717) is 0 Å². The monoisotopic (exact) mass is 644 g/mol. The van der Waals surface area contributed by atoms with Crippen LogP contribution in [0.25, 0.3) is 76.9 Å². The van der Waals surface area contributed by atoms with Crippen molar-refractivity contribution in [3.63, 3.8) is 0 Å². The second-order valence-corrected chi connectivity index (χ2v) is 15.7. The molecule has 2 aromatic heterocycles. The molecule has 1 aliphatic carbocycles. The average molecular weight is 645 g/mol. The molecule has 0 bridgehead atoms. The second kappa shape index (κ2) is 10.5. The van der Waals surface area contributed by atoms with Crippen LogP contribution in [0.4, 0.5) is 0 Å². The SMILES string of the molecule is CC1(C)CCC(C)(C)c2cc3c(cc21)c1ccc2c4ccccc4n(-c4ccc5cc(-c6ccccc6)ccc5c4)c2c1n3-c1ccccc1. The normalized spacial score (nSPS) is 15.4. The van der Waals surface area contributed by atoms with Crippen molar-refractivity contribution in [3.8, 4) is 22.5 Å². The molecule has 0 atom stereocenters. The molecular weight excluding hydrogens is 605 g/mol. The van der Waals surface area contributed by atoms with E-state index in [1.165, 1.54) is 101 Å². The Morgan fingerprint density at radius 1 is 0.400 bits per heavy atom. The Morgan fingerprint density at radius 3 is 1.72 bits per heavy atom. The van der Waals surface area contributed by atoms with Crippen LogP contribution in [-0.4, -0.2) is 9.13 Å². The van der Waals surface area contributed by atoms with E-state index in [2.05, 4.69) is 182 Å². The van der Waals surface area contributed by atoms with Crippen molar-refractivity contribution in [2.75, 3.05) is 0 Å². The summed E-state index contributed by atoms with van der Waals surface area (Å²) in [6.45, 7) is 9.73. The number of aromatic nitrogens is 2. The summed E-state index contributed by atoms with van der Waals surface area (Å²) in [5.41, 5.74) is 13.1. The van der Waals surface area contributed by atoms with Crippen LogP contribution in [0.3, 0.4) is 0 Å². The van der Waals surface area contributed by atoms with Crippen molar-refractivity contribution in [3.05, 3.63) is 157 Å². The minimum absolute atomic E-state index is 0.118. The van der Waals surface area contributed by atoms with Crippen LogP contribution in [-0.2, 0) is 10.8 Å². The van der Waals surface area contributed by atoms with Gasteiger partial charge in [0.25, 0.3) is 0 Å². The van der Waals surface area contributed by atoms with Crippen LogP contribution in [0.5, 0.6) is 0 Å². The van der Waals surface area contributed by atoms with Crippen molar-refractivity contribution >= 4 is 54.4 Å². The van der Waals surface area contributed by atoms with Gasteiger partial charge < -0.3 is 9.13 Å². The van der Waals surface area contributed by atoms with E-state index in [4.69, 9.17) is 0 Å². The summed E-state index contributed by atoms with van der Waals surface area (Å²) in [5, 5.41) is 7.67. The Kier molecular flexibility index (Phi) is 6.13. The van der Waals surface area contributed by atoms with E-state index in [-0.39, 0.29) is 10.8 Å². The van der Waals surface area contributed by atoms with Crippen molar-refractivity contribution in [1.82, 2.24) is 9.13 Å². The van der Waals surface area contributed by atoms with Gasteiger partial charge in [0.2, 0.25) is 0 Å². The molecule has 0 fully saturated rings. The van der Waals surface area contributed by atoms with Gasteiger partial charge in [-0.2, -0.15) is 0 Å². The molecule has 0 radical (unpaired) electrons. The third-order valence-corrected chi connectivity index (χ3v) is 11.7. The maximum atomic E-state index is 2.55. The lowest BCUT2D eigenvalue weighted by molar-refractivity contribution is 0.332. The molecular formula is C48H40N2. The first-order chi connectivity index (χ1) is 24.3.